The fourth-order valence-electron chi connectivity index (χ4n) is 2.00. The number of hydrogen-bond donors (Lipinski definition) is 1. The van der Waals surface area contributed by atoms with Crippen LogP contribution in [0.15, 0.2) is 18.2 Å². The lowest BCUT2D eigenvalue weighted by Gasteiger charge is -2.13. The normalized spacial score (nSPS) is 16.7. The van der Waals surface area contributed by atoms with E-state index >= 15 is 0 Å². The molecule has 0 amide bonds. The van der Waals surface area contributed by atoms with Crippen molar-refractivity contribution in [2.75, 3.05) is 0 Å². The van der Waals surface area contributed by atoms with Crippen LogP contribution in [0.25, 0.3) is 0 Å². The van der Waals surface area contributed by atoms with Gasteiger partial charge in [-0.25, -0.2) is 4.79 Å². The third-order valence-electron chi connectivity index (χ3n) is 3.12. The molecular formula is C13H10F3NO2. The van der Waals surface area contributed by atoms with E-state index in [0.29, 0.717) is 6.07 Å². The molecule has 0 aliphatic heterocycles. The molecule has 0 radical (unpaired) electrons. The highest BCUT2D eigenvalue weighted by molar-refractivity contribution is 5.88. The lowest BCUT2D eigenvalue weighted by atomic mass is 9.92. The highest BCUT2D eigenvalue weighted by Gasteiger charge is 2.36. The lowest BCUT2D eigenvalue weighted by molar-refractivity contribution is -0.137. The molecule has 0 spiro atoms. The Bertz CT molecular complexity index is 556. The Balaban J connectivity index is 2.51. The maximum absolute atomic E-state index is 12.7. The third-order valence-corrected chi connectivity index (χ3v) is 3.12. The van der Waals surface area contributed by atoms with Gasteiger partial charge in [0.15, 0.2) is 0 Å². The summed E-state index contributed by atoms with van der Waals surface area (Å²) >= 11 is 0. The summed E-state index contributed by atoms with van der Waals surface area (Å²) in [7, 11) is 0. The molecule has 1 saturated carbocycles. The molecule has 19 heavy (non-hydrogen) atoms. The van der Waals surface area contributed by atoms with E-state index in [1.54, 1.807) is 0 Å². The Morgan fingerprint density at radius 2 is 2.00 bits per heavy atom. The number of carboxylic acids is 1. The summed E-state index contributed by atoms with van der Waals surface area (Å²) in [4.78, 5) is 10.9. The number of carbonyl (C=O) groups is 1. The third kappa shape index (κ3) is 2.87. The van der Waals surface area contributed by atoms with E-state index in [1.807, 2.05) is 6.07 Å². The number of rotatable bonds is 3. The van der Waals surface area contributed by atoms with Gasteiger partial charge in [0.05, 0.1) is 23.1 Å². The predicted octanol–water partition coefficient (Wildman–Crippen LogP) is 3.42. The average Bonchev–Trinajstić information content (AvgIpc) is 3.13. The SMILES string of the molecule is N#CC(c1cc(C(=O)O)cc(C(F)(F)F)c1)C1CC1. The number of benzene rings is 1. The van der Waals surface area contributed by atoms with E-state index in [2.05, 4.69) is 0 Å². The van der Waals surface area contributed by atoms with Crippen molar-refractivity contribution < 1.29 is 23.1 Å². The van der Waals surface area contributed by atoms with Crippen molar-refractivity contribution in [2.24, 2.45) is 5.92 Å². The molecule has 1 aromatic carbocycles. The van der Waals surface area contributed by atoms with Gasteiger partial charge < -0.3 is 5.11 Å². The Morgan fingerprint density at radius 1 is 1.37 bits per heavy atom. The molecule has 3 nitrogen and oxygen atoms in total. The van der Waals surface area contributed by atoms with Crippen LogP contribution in [0.3, 0.4) is 0 Å². The van der Waals surface area contributed by atoms with Crippen molar-refractivity contribution in [3.63, 3.8) is 0 Å². The molecule has 0 bridgehead atoms. The number of aromatic carboxylic acids is 1. The molecule has 100 valence electrons. The van der Waals surface area contributed by atoms with Gasteiger partial charge in [-0.05, 0) is 42.5 Å². The molecule has 6 heteroatoms. The maximum atomic E-state index is 12.7. The smallest absolute Gasteiger partial charge is 0.416 e. The van der Waals surface area contributed by atoms with Crippen molar-refractivity contribution >= 4 is 5.97 Å². The quantitative estimate of drug-likeness (QED) is 0.914. The summed E-state index contributed by atoms with van der Waals surface area (Å²) < 4.78 is 38.2. The second kappa shape index (κ2) is 4.57. The van der Waals surface area contributed by atoms with Crippen molar-refractivity contribution in [3.8, 4) is 6.07 Å². The van der Waals surface area contributed by atoms with Gasteiger partial charge in [-0.3, -0.25) is 0 Å². The molecule has 1 aromatic rings. The molecular weight excluding hydrogens is 259 g/mol. The van der Waals surface area contributed by atoms with Gasteiger partial charge in [-0.1, -0.05) is 0 Å². The summed E-state index contributed by atoms with van der Waals surface area (Å²) in [6, 6.07) is 4.59. The van der Waals surface area contributed by atoms with Crippen LogP contribution in [0.2, 0.25) is 0 Å². The molecule has 1 N–H and O–H groups in total. The number of halogens is 3. The van der Waals surface area contributed by atoms with Crippen LogP contribution in [-0.2, 0) is 6.18 Å². The lowest BCUT2D eigenvalue weighted by Crippen LogP contribution is -2.10. The molecule has 2 rings (SSSR count). The number of carboxylic acid groups (broad SMARTS) is 1. The van der Waals surface area contributed by atoms with Crippen LogP contribution in [-0.4, -0.2) is 11.1 Å². The van der Waals surface area contributed by atoms with Gasteiger partial charge in [-0.15, -0.1) is 0 Å². The Labute approximate surface area is 107 Å². The molecule has 0 saturated heterocycles. The highest BCUT2D eigenvalue weighted by atomic mass is 19.4. The highest BCUT2D eigenvalue weighted by Crippen LogP contribution is 2.43. The monoisotopic (exact) mass is 269 g/mol. The van der Waals surface area contributed by atoms with E-state index in [0.717, 1.165) is 25.0 Å². The largest absolute Gasteiger partial charge is 0.478 e. The minimum atomic E-state index is -4.62. The van der Waals surface area contributed by atoms with Crippen LogP contribution >= 0.6 is 0 Å². The maximum Gasteiger partial charge on any atom is 0.416 e. The first-order valence-electron chi connectivity index (χ1n) is 5.68. The summed E-state index contributed by atoms with van der Waals surface area (Å²) in [5, 5.41) is 17.9. The van der Waals surface area contributed by atoms with Crippen LogP contribution in [0.4, 0.5) is 13.2 Å². The number of alkyl halides is 3. The molecule has 1 aliphatic carbocycles. The first-order chi connectivity index (χ1) is 8.82. The van der Waals surface area contributed by atoms with E-state index < -0.39 is 29.2 Å². The molecule has 0 aromatic heterocycles. The van der Waals surface area contributed by atoms with Crippen LogP contribution < -0.4 is 0 Å². The summed E-state index contributed by atoms with van der Waals surface area (Å²) in [6.45, 7) is 0. The first-order valence-corrected chi connectivity index (χ1v) is 5.68. The zero-order valence-corrected chi connectivity index (χ0v) is 9.74. The summed E-state index contributed by atoms with van der Waals surface area (Å²) in [6.07, 6.45) is -3.04. The van der Waals surface area contributed by atoms with E-state index in [9.17, 15) is 18.0 Å². The number of nitrogens with zero attached hydrogens (tertiary/aromatic N) is 1. The van der Waals surface area contributed by atoms with Crippen molar-refractivity contribution in [3.05, 3.63) is 34.9 Å². The average molecular weight is 269 g/mol. The van der Waals surface area contributed by atoms with Crippen molar-refractivity contribution in [1.82, 2.24) is 0 Å². The zero-order valence-electron chi connectivity index (χ0n) is 9.74. The Morgan fingerprint density at radius 3 is 2.42 bits per heavy atom. The molecule has 0 heterocycles. The van der Waals surface area contributed by atoms with Gasteiger partial charge >= 0.3 is 12.1 Å². The van der Waals surface area contributed by atoms with Crippen molar-refractivity contribution in [2.45, 2.75) is 24.9 Å². The Kier molecular flexibility index (Phi) is 3.23. The summed E-state index contributed by atoms with van der Waals surface area (Å²) in [5.74, 6) is -2.06. The van der Waals surface area contributed by atoms with Crippen molar-refractivity contribution in [1.29, 1.82) is 5.26 Å². The first kappa shape index (κ1) is 13.4. The minimum Gasteiger partial charge on any atom is -0.478 e. The van der Waals surface area contributed by atoms with E-state index in [4.69, 9.17) is 10.4 Å². The molecule has 1 atom stereocenters. The molecule has 1 aliphatic rings. The zero-order chi connectivity index (χ0) is 14.2. The second-order valence-corrected chi connectivity index (χ2v) is 4.59. The number of nitriles is 1. The molecule has 1 fully saturated rings. The number of hydrogen-bond acceptors (Lipinski definition) is 2. The van der Waals surface area contributed by atoms with Crippen LogP contribution in [0, 0.1) is 17.2 Å². The van der Waals surface area contributed by atoms with Gasteiger partial charge in [0.1, 0.15) is 0 Å². The topological polar surface area (TPSA) is 61.1 Å². The second-order valence-electron chi connectivity index (χ2n) is 4.59. The van der Waals surface area contributed by atoms with Crippen LogP contribution in [0.5, 0.6) is 0 Å². The van der Waals surface area contributed by atoms with Crippen LogP contribution in [0.1, 0.15) is 40.2 Å². The van der Waals surface area contributed by atoms with E-state index in [1.165, 1.54) is 0 Å². The fourth-order valence-corrected chi connectivity index (χ4v) is 2.00. The predicted molar refractivity (Wildman–Crippen MR) is 59.5 cm³/mol. The Hall–Kier alpha value is -2.03. The fraction of sp³-hybridized carbons (Fsp3) is 0.385. The van der Waals surface area contributed by atoms with Gasteiger partial charge in [0.25, 0.3) is 0 Å². The van der Waals surface area contributed by atoms with E-state index in [-0.39, 0.29) is 11.5 Å². The van der Waals surface area contributed by atoms with Gasteiger partial charge in [-0.2, -0.15) is 18.4 Å². The summed E-state index contributed by atoms with van der Waals surface area (Å²) in [5.41, 5.74) is -1.33. The van der Waals surface area contributed by atoms with Gasteiger partial charge in [0, 0.05) is 0 Å². The minimum absolute atomic E-state index is 0.0372. The standard InChI is InChI=1S/C13H10F3NO2/c14-13(15,16)10-4-8(3-9(5-10)12(18)19)11(6-17)7-1-2-7/h3-5,7,11H,1-2H2,(H,18,19). The molecule has 1 unspecified atom stereocenters. The van der Waals surface area contributed by atoms with Gasteiger partial charge in [0.2, 0.25) is 0 Å².